The lowest BCUT2D eigenvalue weighted by Gasteiger charge is -2.21. The summed E-state index contributed by atoms with van der Waals surface area (Å²) in [4.78, 5) is 12.5. The smallest absolute Gasteiger partial charge is 0.186 e. The van der Waals surface area contributed by atoms with Crippen molar-refractivity contribution in [2.75, 3.05) is 7.11 Å². The second-order valence-electron chi connectivity index (χ2n) is 4.75. The lowest BCUT2D eigenvalue weighted by molar-refractivity contribution is 0.108. The molecule has 5 heteroatoms. The van der Waals surface area contributed by atoms with Gasteiger partial charge >= 0.3 is 0 Å². The molecule has 1 unspecified atom stereocenters. The van der Waals surface area contributed by atoms with E-state index < -0.39 is 0 Å². The molecule has 1 saturated carbocycles. The van der Waals surface area contributed by atoms with Crippen molar-refractivity contribution in [2.24, 2.45) is 0 Å². The molecule has 1 fully saturated rings. The second-order valence-corrected chi connectivity index (χ2v) is 7.12. The first-order chi connectivity index (χ1) is 9.13. The molecule has 0 aromatic heterocycles. The molecular formula is C14H17Cl2O2P. The summed E-state index contributed by atoms with van der Waals surface area (Å²) < 4.78 is 5.23. The van der Waals surface area contributed by atoms with Gasteiger partial charge in [0, 0.05) is 0 Å². The molecule has 0 aliphatic heterocycles. The molecule has 2 nitrogen and oxygen atoms in total. The molecule has 0 spiro atoms. The predicted molar refractivity (Wildman–Crippen MR) is 82.5 cm³/mol. The third-order valence-corrected chi connectivity index (χ3v) is 5.54. The normalized spacial score (nSPS) is 17.0. The lowest BCUT2D eigenvalue weighted by Crippen LogP contribution is -2.10. The Morgan fingerprint density at radius 2 is 1.84 bits per heavy atom. The SMILES string of the molecule is COc1c(Cl)ccc(Cl)c1C(=O)PC1CCCCC1. The van der Waals surface area contributed by atoms with Gasteiger partial charge in [-0.15, -0.1) is 0 Å². The predicted octanol–water partition coefficient (Wildman–Crippen LogP) is 5.15. The van der Waals surface area contributed by atoms with Crippen LogP contribution in [-0.2, 0) is 0 Å². The molecule has 104 valence electrons. The maximum absolute atomic E-state index is 12.5. The van der Waals surface area contributed by atoms with Crippen LogP contribution >= 0.6 is 31.8 Å². The highest BCUT2D eigenvalue weighted by Gasteiger charge is 2.23. The van der Waals surface area contributed by atoms with Crippen LogP contribution in [0.1, 0.15) is 42.5 Å². The highest BCUT2D eigenvalue weighted by molar-refractivity contribution is 7.59. The number of hydrogen-bond donors (Lipinski definition) is 0. The third kappa shape index (κ3) is 3.62. The monoisotopic (exact) mass is 318 g/mol. The van der Waals surface area contributed by atoms with E-state index in [-0.39, 0.29) is 14.1 Å². The van der Waals surface area contributed by atoms with Crippen LogP contribution < -0.4 is 4.74 Å². The zero-order valence-corrected chi connectivity index (χ0v) is 13.4. The van der Waals surface area contributed by atoms with E-state index in [9.17, 15) is 4.79 Å². The molecule has 1 atom stereocenters. The van der Waals surface area contributed by atoms with Crippen molar-refractivity contribution in [1.29, 1.82) is 0 Å². The van der Waals surface area contributed by atoms with E-state index in [2.05, 4.69) is 0 Å². The van der Waals surface area contributed by atoms with Crippen molar-refractivity contribution < 1.29 is 9.53 Å². The average molecular weight is 319 g/mol. The zero-order valence-electron chi connectivity index (χ0n) is 10.8. The lowest BCUT2D eigenvalue weighted by atomic mass is 10.0. The summed E-state index contributed by atoms with van der Waals surface area (Å²) >= 11 is 12.2. The van der Waals surface area contributed by atoms with E-state index >= 15 is 0 Å². The fourth-order valence-corrected chi connectivity index (χ4v) is 4.46. The molecule has 0 N–H and O–H groups in total. The summed E-state index contributed by atoms with van der Waals surface area (Å²) in [7, 11) is 1.77. The molecule has 1 aromatic carbocycles. The highest BCUT2D eigenvalue weighted by atomic mass is 35.5. The van der Waals surface area contributed by atoms with Gasteiger partial charge in [-0.25, -0.2) is 0 Å². The summed E-state index contributed by atoms with van der Waals surface area (Å²) in [5.41, 5.74) is 1.01. The van der Waals surface area contributed by atoms with Crippen molar-refractivity contribution >= 4 is 37.3 Å². The van der Waals surface area contributed by atoms with Crippen LogP contribution in [0.5, 0.6) is 5.75 Å². The minimum absolute atomic E-state index is 0.0660. The van der Waals surface area contributed by atoms with E-state index in [0.29, 0.717) is 27.0 Å². The van der Waals surface area contributed by atoms with Crippen LogP contribution in [0, 0.1) is 0 Å². The van der Waals surface area contributed by atoms with Gasteiger partial charge in [0.05, 0.1) is 22.7 Å². The Morgan fingerprint density at radius 1 is 1.21 bits per heavy atom. The number of halogens is 2. The molecule has 2 rings (SSSR count). The van der Waals surface area contributed by atoms with Crippen LogP contribution in [0.25, 0.3) is 0 Å². The van der Waals surface area contributed by atoms with Gasteiger partial charge in [0.15, 0.2) is 5.52 Å². The van der Waals surface area contributed by atoms with Crippen molar-refractivity contribution in [3.8, 4) is 5.75 Å². The molecule has 0 radical (unpaired) electrons. The minimum Gasteiger partial charge on any atom is -0.494 e. The van der Waals surface area contributed by atoms with Crippen LogP contribution in [0.2, 0.25) is 10.0 Å². The average Bonchev–Trinajstić information content (AvgIpc) is 2.42. The molecule has 19 heavy (non-hydrogen) atoms. The molecule has 0 amide bonds. The molecule has 1 aliphatic rings. The van der Waals surface area contributed by atoms with Gasteiger partial charge in [0.2, 0.25) is 0 Å². The number of benzene rings is 1. The summed E-state index contributed by atoms with van der Waals surface area (Å²) in [6.07, 6.45) is 6.03. The van der Waals surface area contributed by atoms with Crippen LogP contribution in [0.3, 0.4) is 0 Å². The topological polar surface area (TPSA) is 26.3 Å². The molecule has 1 aromatic rings. The summed E-state index contributed by atoms with van der Waals surface area (Å²) in [5.74, 6) is 0.405. The molecule has 0 heterocycles. The van der Waals surface area contributed by atoms with E-state index in [4.69, 9.17) is 27.9 Å². The van der Waals surface area contributed by atoms with Crippen molar-refractivity contribution in [1.82, 2.24) is 0 Å². The van der Waals surface area contributed by atoms with Gasteiger partial charge in [-0.1, -0.05) is 42.5 Å². The first kappa shape index (κ1) is 15.1. The molecular weight excluding hydrogens is 302 g/mol. The summed E-state index contributed by atoms with van der Waals surface area (Å²) in [6, 6.07) is 3.31. The Hall–Kier alpha value is -0.300. The Morgan fingerprint density at radius 3 is 2.47 bits per heavy atom. The van der Waals surface area contributed by atoms with Gasteiger partial charge in [0.25, 0.3) is 0 Å². The Kier molecular flexibility index (Phi) is 5.50. The molecule has 0 saturated heterocycles. The number of methoxy groups -OCH3 is 1. The molecule has 0 bridgehead atoms. The largest absolute Gasteiger partial charge is 0.494 e. The second kappa shape index (κ2) is 6.92. The summed E-state index contributed by atoms with van der Waals surface area (Å²) in [6.45, 7) is 0. The van der Waals surface area contributed by atoms with E-state index in [1.165, 1.54) is 26.4 Å². The number of ether oxygens (including phenoxy) is 1. The van der Waals surface area contributed by atoms with E-state index in [0.717, 1.165) is 12.8 Å². The van der Waals surface area contributed by atoms with Gasteiger partial charge in [-0.3, -0.25) is 4.79 Å². The third-order valence-electron chi connectivity index (χ3n) is 3.43. The zero-order chi connectivity index (χ0) is 13.8. The van der Waals surface area contributed by atoms with Gasteiger partial charge in [-0.05, 0) is 39.2 Å². The number of carbonyl (C=O) groups excluding carboxylic acids is 1. The highest BCUT2D eigenvalue weighted by Crippen LogP contribution is 2.41. The standard InChI is InChI=1S/C14H17Cl2O2P/c1-18-13-11(16)8-7-10(15)12(13)14(17)19-9-5-3-2-4-6-9/h7-9,19H,2-6H2,1H3. The van der Waals surface area contributed by atoms with E-state index in [1.807, 2.05) is 0 Å². The maximum atomic E-state index is 12.5. The Labute approximate surface area is 125 Å². The maximum Gasteiger partial charge on any atom is 0.186 e. The Balaban J connectivity index is 2.20. The van der Waals surface area contributed by atoms with Crippen molar-refractivity contribution in [3.05, 3.63) is 27.7 Å². The van der Waals surface area contributed by atoms with Crippen LogP contribution in [0.15, 0.2) is 12.1 Å². The summed E-state index contributed by atoms with van der Waals surface area (Å²) in [5, 5.41) is 0.859. The minimum atomic E-state index is 0.0660. The number of rotatable bonds is 4. The van der Waals surface area contributed by atoms with Gasteiger partial charge in [-0.2, -0.15) is 0 Å². The molecule has 1 aliphatic carbocycles. The van der Waals surface area contributed by atoms with Crippen LogP contribution in [-0.4, -0.2) is 18.3 Å². The van der Waals surface area contributed by atoms with Gasteiger partial charge in [0.1, 0.15) is 5.75 Å². The van der Waals surface area contributed by atoms with Crippen LogP contribution in [0.4, 0.5) is 0 Å². The first-order valence-electron chi connectivity index (χ1n) is 6.46. The number of carbonyl (C=O) groups is 1. The quantitative estimate of drug-likeness (QED) is 0.717. The Bertz CT molecular complexity index is 471. The first-order valence-corrected chi connectivity index (χ1v) is 8.29. The van der Waals surface area contributed by atoms with Crippen molar-refractivity contribution in [3.63, 3.8) is 0 Å². The van der Waals surface area contributed by atoms with Gasteiger partial charge < -0.3 is 4.74 Å². The fraction of sp³-hybridized carbons (Fsp3) is 0.500. The fourth-order valence-electron chi connectivity index (χ4n) is 2.45. The van der Waals surface area contributed by atoms with Crippen molar-refractivity contribution in [2.45, 2.75) is 37.8 Å². The number of hydrogen-bond acceptors (Lipinski definition) is 2. The van der Waals surface area contributed by atoms with E-state index in [1.54, 1.807) is 12.1 Å².